The van der Waals surface area contributed by atoms with Crippen molar-refractivity contribution in [2.45, 2.75) is 45.9 Å². The summed E-state index contributed by atoms with van der Waals surface area (Å²) in [6.45, 7) is 11.3. The average Bonchev–Trinajstić information content (AvgIpc) is 2.66. The van der Waals surface area contributed by atoms with E-state index in [-0.39, 0.29) is 35.8 Å². The van der Waals surface area contributed by atoms with Gasteiger partial charge in [-0.1, -0.05) is 0 Å². The van der Waals surface area contributed by atoms with E-state index < -0.39 is 0 Å². The third kappa shape index (κ3) is 4.52. The van der Waals surface area contributed by atoms with Gasteiger partial charge in [0.15, 0.2) is 5.78 Å². The molecule has 2 heterocycles. The molecular weight excluding hydrogens is 361 g/mol. The molecule has 1 amide bonds. The monoisotopic (exact) mass is 391 g/mol. The first kappa shape index (κ1) is 20.7. The third-order valence-corrected chi connectivity index (χ3v) is 5.65. The van der Waals surface area contributed by atoms with Gasteiger partial charge in [-0.25, -0.2) is 4.39 Å². The number of rotatable bonds is 4. The number of hydrogen-bond acceptors (Lipinski definition) is 5. The topological polar surface area (TPSA) is 53.1 Å². The standard InChI is InChI=1S/C21H30FN3O3/c1-14-12-25(13-15(2)28-14)21(27)16(3)23-7-9-24(10-8-23)20-6-5-18(17(4)26)11-19(20)22/h5-6,11,14-16H,7-10,12-13H2,1-4H3/t14-,15-,16+/m0/s1. The Kier molecular flexibility index (Phi) is 6.35. The first-order chi connectivity index (χ1) is 13.3. The van der Waals surface area contributed by atoms with Crippen molar-refractivity contribution in [3.05, 3.63) is 29.6 Å². The molecule has 154 valence electrons. The summed E-state index contributed by atoms with van der Waals surface area (Å²) >= 11 is 0. The number of Topliss-reactive ketones (excluding diaryl/α,β-unsaturated/α-hetero) is 1. The Morgan fingerprint density at radius 2 is 1.71 bits per heavy atom. The third-order valence-electron chi connectivity index (χ3n) is 5.65. The van der Waals surface area contributed by atoms with Crippen LogP contribution in [0, 0.1) is 5.82 Å². The molecule has 0 aromatic heterocycles. The molecule has 1 aromatic carbocycles. The van der Waals surface area contributed by atoms with Crippen LogP contribution >= 0.6 is 0 Å². The lowest BCUT2D eigenvalue weighted by Gasteiger charge is -2.42. The molecule has 0 bridgehead atoms. The highest BCUT2D eigenvalue weighted by atomic mass is 19.1. The lowest BCUT2D eigenvalue weighted by atomic mass is 10.1. The van der Waals surface area contributed by atoms with Gasteiger partial charge in [0.05, 0.1) is 23.9 Å². The van der Waals surface area contributed by atoms with Crippen LogP contribution in [0.5, 0.6) is 0 Å². The number of halogens is 1. The van der Waals surface area contributed by atoms with E-state index in [0.717, 1.165) is 0 Å². The number of morpholine rings is 1. The Morgan fingerprint density at radius 1 is 1.11 bits per heavy atom. The van der Waals surface area contributed by atoms with Crippen molar-refractivity contribution in [1.82, 2.24) is 9.80 Å². The fourth-order valence-corrected chi connectivity index (χ4v) is 4.11. The molecule has 7 heteroatoms. The maximum atomic E-state index is 14.4. The molecule has 0 radical (unpaired) electrons. The normalized spacial score (nSPS) is 24.9. The second kappa shape index (κ2) is 8.57. The number of carbonyl (C=O) groups excluding carboxylic acids is 2. The molecule has 2 aliphatic heterocycles. The van der Waals surface area contributed by atoms with Crippen LogP contribution in [0.4, 0.5) is 10.1 Å². The summed E-state index contributed by atoms with van der Waals surface area (Å²) in [4.78, 5) is 30.4. The van der Waals surface area contributed by atoms with Crippen LogP contribution in [0.15, 0.2) is 18.2 Å². The number of carbonyl (C=O) groups is 2. The van der Waals surface area contributed by atoms with Gasteiger partial charge >= 0.3 is 0 Å². The highest BCUT2D eigenvalue weighted by Gasteiger charge is 2.33. The van der Waals surface area contributed by atoms with Crippen LogP contribution in [-0.2, 0) is 9.53 Å². The van der Waals surface area contributed by atoms with Crippen molar-refractivity contribution >= 4 is 17.4 Å². The maximum absolute atomic E-state index is 14.4. The molecule has 3 rings (SSSR count). The van der Waals surface area contributed by atoms with Crippen molar-refractivity contribution in [3.63, 3.8) is 0 Å². The number of hydrogen-bond donors (Lipinski definition) is 0. The number of nitrogens with zero attached hydrogens (tertiary/aromatic N) is 3. The summed E-state index contributed by atoms with van der Waals surface area (Å²) in [6.07, 6.45) is 0.107. The molecule has 3 atom stereocenters. The van der Waals surface area contributed by atoms with Crippen LogP contribution in [0.3, 0.4) is 0 Å². The number of benzene rings is 1. The summed E-state index contributed by atoms with van der Waals surface area (Å²) in [7, 11) is 0. The predicted molar refractivity (Wildman–Crippen MR) is 106 cm³/mol. The lowest BCUT2D eigenvalue weighted by molar-refractivity contribution is -0.148. The number of piperazine rings is 1. The number of ketones is 1. The molecule has 1 aromatic rings. The smallest absolute Gasteiger partial charge is 0.239 e. The molecule has 0 unspecified atom stereocenters. The van der Waals surface area contributed by atoms with E-state index in [4.69, 9.17) is 4.74 Å². The van der Waals surface area contributed by atoms with E-state index >= 15 is 0 Å². The predicted octanol–water partition coefficient (Wildman–Crippen LogP) is 2.17. The van der Waals surface area contributed by atoms with Crippen LogP contribution in [0.2, 0.25) is 0 Å². The zero-order valence-corrected chi connectivity index (χ0v) is 17.2. The van der Waals surface area contributed by atoms with Crippen molar-refractivity contribution in [2.75, 3.05) is 44.2 Å². The summed E-state index contributed by atoms with van der Waals surface area (Å²) in [5.74, 6) is -0.386. The van der Waals surface area contributed by atoms with Crippen LogP contribution < -0.4 is 4.90 Å². The van der Waals surface area contributed by atoms with Gasteiger partial charge in [0, 0.05) is 44.8 Å². The van der Waals surface area contributed by atoms with Gasteiger partial charge in [-0.15, -0.1) is 0 Å². The summed E-state index contributed by atoms with van der Waals surface area (Å²) in [5, 5.41) is 0. The molecule has 28 heavy (non-hydrogen) atoms. The molecule has 0 N–H and O–H groups in total. The van der Waals surface area contributed by atoms with E-state index in [2.05, 4.69) is 4.90 Å². The molecule has 0 saturated carbocycles. The molecule has 0 spiro atoms. The first-order valence-electron chi connectivity index (χ1n) is 10.00. The van der Waals surface area contributed by atoms with Gasteiger partial charge in [-0.3, -0.25) is 14.5 Å². The fraction of sp³-hybridized carbons (Fsp3) is 0.619. The maximum Gasteiger partial charge on any atom is 0.239 e. The van der Waals surface area contributed by atoms with Gasteiger partial charge in [-0.05, 0) is 45.9 Å². The molecular formula is C21H30FN3O3. The average molecular weight is 391 g/mol. The van der Waals surface area contributed by atoms with E-state index in [0.29, 0.717) is 50.5 Å². The van der Waals surface area contributed by atoms with Gasteiger partial charge in [0.1, 0.15) is 5.82 Å². The molecule has 2 saturated heterocycles. The summed E-state index contributed by atoms with van der Waals surface area (Å²) in [5.41, 5.74) is 0.896. The Balaban J connectivity index is 1.59. The van der Waals surface area contributed by atoms with E-state index in [1.54, 1.807) is 12.1 Å². The minimum atomic E-state index is -0.374. The number of ether oxygens (including phenoxy) is 1. The Hall–Kier alpha value is -1.99. The van der Waals surface area contributed by atoms with Crippen LogP contribution in [0.25, 0.3) is 0 Å². The highest BCUT2D eigenvalue weighted by molar-refractivity contribution is 5.94. The minimum absolute atomic E-state index is 0.0534. The first-order valence-corrected chi connectivity index (χ1v) is 10.00. The Labute approximate surface area is 166 Å². The van der Waals surface area contributed by atoms with Gasteiger partial charge in [0.25, 0.3) is 0 Å². The lowest BCUT2D eigenvalue weighted by Crippen LogP contribution is -2.57. The van der Waals surface area contributed by atoms with E-state index in [9.17, 15) is 14.0 Å². The fourth-order valence-electron chi connectivity index (χ4n) is 4.11. The number of anilines is 1. The SMILES string of the molecule is CC(=O)c1ccc(N2CCN([C@H](C)C(=O)N3C[C@H](C)O[C@@H](C)C3)CC2)c(F)c1. The largest absolute Gasteiger partial charge is 0.372 e. The quantitative estimate of drug-likeness (QED) is 0.737. The minimum Gasteiger partial charge on any atom is -0.372 e. The molecule has 6 nitrogen and oxygen atoms in total. The second-order valence-electron chi connectivity index (χ2n) is 7.92. The van der Waals surface area contributed by atoms with Crippen LogP contribution in [-0.4, -0.2) is 79.0 Å². The number of amides is 1. The molecule has 0 aliphatic carbocycles. The Morgan fingerprint density at radius 3 is 2.25 bits per heavy atom. The summed E-state index contributed by atoms with van der Waals surface area (Å²) < 4.78 is 20.1. The van der Waals surface area contributed by atoms with Crippen molar-refractivity contribution in [2.24, 2.45) is 0 Å². The zero-order valence-electron chi connectivity index (χ0n) is 17.2. The van der Waals surface area contributed by atoms with Crippen molar-refractivity contribution in [3.8, 4) is 0 Å². The van der Waals surface area contributed by atoms with E-state index in [1.807, 2.05) is 30.6 Å². The van der Waals surface area contributed by atoms with Crippen molar-refractivity contribution in [1.29, 1.82) is 0 Å². The molecule has 2 aliphatic rings. The highest BCUT2D eigenvalue weighted by Crippen LogP contribution is 2.23. The Bertz CT molecular complexity index is 724. The zero-order chi connectivity index (χ0) is 20.4. The van der Waals surface area contributed by atoms with Gasteiger partial charge < -0.3 is 14.5 Å². The summed E-state index contributed by atoms with van der Waals surface area (Å²) in [6, 6.07) is 4.44. The second-order valence-corrected chi connectivity index (χ2v) is 7.92. The molecule has 2 fully saturated rings. The van der Waals surface area contributed by atoms with Crippen molar-refractivity contribution < 1.29 is 18.7 Å². The van der Waals surface area contributed by atoms with Gasteiger partial charge in [-0.2, -0.15) is 0 Å². The van der Waals surface area contributed by atoms with Crippen LogP contribution in [0.1, 0.15) is 38.1 Å². The van der Waals surface area contributed by atoms with Gasteiger partial charge in [0.2, 0.25) is 5.91 Å². The van der Waals surface area contributed by atoms with E-state index in [1.165, 1.54) is 13.0 Å².